The molecule has 3 aromatic rings. The van der Waals surface area contributed by atoms with Gasteiger partial charge in [-0.1, -0.05) is 29.8 Å². The second-order valence-electron chi connectivity index (χ2n) is 6.32. The number of carboxylic acids is 1. The van der Waals surface area contributed by atoms with Crippen LogP contribution in [0.5, 0.6) is 0 Å². The van der Waals surface area contributed by atoms with Crippen LogP contribution < -0.4 is 5.43 Å². The molecule has 0 spiro atoms. The maximum absolute atomic E-state index is 12.7. The highest BCUT2D eigenvalue weighted by molar-refractivity contribution is 6.33. The van der Waals surface area contributed by atoms with E-state index in [9.17, 15) is 19.5 Å². The summed E-state index contributed by atoms with van der Waals surface area (Å²) >= 11 is 6.17. The first-order valence-corrected chi connectivity index (χ1v) is 8.90. The van der Waals surface area contributed by atoms with Crippen molar-refractivity contribution in [2.45, 2.75) is 19.3 Å². The van der Waals surface area contributed by atoms with Gasteiger partial charge in [-0.3, -0.25) is 14.4 Å². The average Bonchev–Trinajstić information content (AvgIpc) is 2.67. The van der Waals surface area contributed by atoms with Gasteiger partial charge in [0, 0.05) is 11.6 Å². The first-order chi connectivity index (χ1) is 13.3. The highest BCUT2D eigenvalue weighted by atomic mass is 35.5. The molecule has 1 N–H and O–H groups in total. The quantitative estimate of drug-likeness (QED) is 0.513. The lowest BCUT2D eigenvalue weighted by atomic mass is 9.82. The van der Waals surface area contributed by atoms with Crippen molar-refractivity contribution >= 4 is 34.5 Å². The van der Waals surface area contributed by atoms with Gasteiger partial charge in [0.15, 0.2) is 10.8 Å². The summed E-state index contributed by atoms with van der Waals surface area (Å²) in [5.41, 5.74) is -1.38. The predicted molar refractivity (Wildman–Crippen MR) is 105 cm³/mol. The van der Waals surface area contributed by atoms with Crippen molar-refractivity contribution in [2.75, 3.05) is 6.61 Å². The summed E-state index contributed by atoms with van der Waals surface area (Å²) in [6.07, 6.45) is 0. The van der Waals surface area contributed by atoms with Gasteiger partial charge in [0.25, 0.3) is 0 Å². The maximum atomic E-state index is 12.7. The van der Waals surface area contributed by atoms with Gasteiger partial charge in [-0.15, -0.1) is 0 Å². The molecule has 7 heteroatoms. The largest absolute Gasteiger partial charge is 0.480 e. The van der Waals surface area contributed by atoms with Crippen LogP contribution in [0.1, 0.15) is 19.4 Å². The summed E-state index contributed by atoms with van der Waals surface area (Å²) in [5, 5.41) is 10.2. The van der Waals surface area contributed by atoms with E-state index in [1.807, 2.05) is 0 Å². The summed E-state index contributed by atoms with van der Waals surface area (Å²) in [4.78, 5) is 36.8. The van der Waals surface area contributed by atoms with Crippen LogP contribution in [0.4, 0.5) is 0 Å². The van der Waals surface area contributed by atoms with Crippen molar-refractivity contribution < 1.29 is 23.8 Å². The smallest absolute Gasteiger partial charge is 0.327 e. The molecule has 0 amide bonds. The molecular formula is C21H17ClO6. The third-order valence-corrected chi connectivity index (χ3v) is 4.88. The van der Waals surface area contributed by atoms with Gasteiger partial charge < -0.3 is 14.3 Å². The summed E-state index contributed by atoms with van der Waals surface area (Å²) in [6, 6.07) is 12.5. The number of carboxylic acid groups (broad SMARTS) is 1. The van der Waals surface area contributed by atoms with Crippen molar-refractivity contribution in [1.82, 2.24) is 0 Å². The van der Waals surface area contributed by atoms with E-state index in [1.165, 1.54) is 31.2 Å². The van der Waals surface area contributed by atoms with Gasteiger partial charge >= 0.3 is 11.9 Å². The predicted octanol–water partition coefficient (Wildman–Crippen LogP) is 4.02. The number of aliphatic carboxylic acids is 1. The van der Waals surface area contributed by atoms with E-state index in [1.54, 1.807) is 31.2 Å². The van der Waals surface area contributed by atoms with Crippen LogP contribution in [0.15, 0.2) is 57.7 Å². The Morgan fingerprint density at radius 2 is 1.89 bits per heavy atom. The van der Waals surface area contributed by atoms with Crippen LogP contribution in [0.3, 0.4) is 0 Å². The molecule has 0 radical (unpaired) electrons. The van der Waals surface area contributed by atoms with Crippen LogP contribution >= 0.6 is 11.6 Å². The van der Waals surface area contributed by atoms with Crippen molar-refractivity contribution in [2.24, 2.45) is 0 Å². The topological polar surface area (TPSA) is 93.8 Å². The SMILES string of the molecule is CCOC(=O)C(C)(C(=O)O)c1ccc2oc(-c3ccccc3Cl)cc(=O)c2c1. The molecule has 3 rings (SSSR count). The monoisotopic (exact) mass is 400 g/mol. The molecule has 1 aromatic heterocycles. The fraction of sp³-hybridized carbons (Fsp3) is 0.190. The number of esters is 1. The Labute approximate surface area is 165 Å². The normalized spacial score (nSPS) is 13.1. The number of fused-ring (bicyclic) bond motifs is 1. The maximum Gasteiger partial charge on any atom is 0.327 e. The Morgan fingerprint density at radius 3 is 2.54 bits per heavy atom. The molecule has 6 nitrogen and oxygen atoms in total. The van der Waals surface area contributed by atoms with E-state index in [0.717, 1.165) is 0 Å². The minimum atomic E-state index is -1.95. The first-order valence-electron chi connectivity index (χ1n) is 8.53. The van der Waals surface area contributed by atoms with E-state index in [-0.39, 0.29) is 28.6 Å². The third-order valence-electron chi connectivity index (χ3n) is 4.56. The molecular weight excluding hydrogens is 384 g/mol. The molecule has 0 aliphatic carbocycles. The lowest BCUT2D eigenvalue weighted by Crippen LogP contribution is -2.42. The molecule has 0 aliphatic rings. The molecule has 28 heavy (non-hydrogen) atoms. The van der Waals surface area contributed by atoms with E-state index < -0.39 is 17.4 Å². The van der Waals surface area contributed by atoms with Gasteiger partial charge in [0.1, 0.15) is 11.3 Å². The molecule has 2 aromatic carbocycles. The zero-order chi connectivity index (χ0) is 20.5. The number of halogens is 1. The molecule has 144 valence electrons. The molecule has 0 saturated heterocycles. The van der Waals surface area contributed by atoms with Crippen molar-refractivity contribution in [3.05, 3.63) is 69.3 Å². The molecule has 1 heterocycles. The fourth-order valence-corrected chi connectivity index (χ4v) is 3.09. The molecule has 1 unspecified atom stereocenters. The molecule has 0 saturated carbocycles. The van der Waals surface area contributed by atoms with Gasteiger partial charge in [0.2, 0.25) is 0 Å². The first kappa shape index (κ1) is 19.6. The Kier molecular flexibility index (Phi) is 5.25. The van der Waals surface area contributed by atoms with Crippen molar-refractivity contribution in [3.8, 4) is 11.3 Å². The average molecular weight is 401 g/mol. The Balaban J connectivity index is 2.17. The minimum absolute atomic E-state index is 0.0403. The number of carbonyl (C=O) groups is 2. The van der Waals surface area contributed by atoms with Crippen molar-refractivity contribution in [1.29, 1.82) is 0 Å². The molecule has 0 fully saturated rings. The van der Waals surface area contributed by atoms with E-state index >= 15 is 0 Å². The van der Waals surface area contributed by atoms with Gasteiger partial charge in [-0.2, -0.15) is 0 Å². The lowest BCUT2D eigenvalue weighted by Gasteiger charge is -2.23. The zero-order valence-electron chi connectivity index (χ0n) is 15.2. The summed E-state index contributed by atoms with van der Waals surface area (Å²) in [6.45, 7) is 2.87. The van der Waals surface area contributed by atoms with Gasteiger partial charge in [0.05, 0.1) is 17.0 Å². The summed E-state index contributed by atoms with van der Waals surface area (Å²) in [7, 11) is 0. The fourth-order valence-electron chi connectivity index (χ4n) is 2.87. The van der Waals surface area contributed by atoms with Crippen LogP contribution in [-0.4, -0.2) is 23.7 Å². The molecule has 1 atom stereocenters. The van der Waals surface area contributed by atoms with Gasteiger partial charge in [-0.05, 0) is 43.7 Å². The number of benzene rings is 2. The second kappa shape index (κ2) is 7.48. The number of hydrogen-bond acceptors (Lipinski definition) is 5. The Bertz CT molecular complexity index is 1130. The number of hydrogen-bond donors (Lipinski definition) is 1. The molecule has 0 bridgehead atoms. The minimum Gasteiger partial charge on any atom is -0.480 e. The Hall–Kier alpha value is -3.12. The van der Waals surface area contributed by atoms with Crippen LogP contribution in [0.2, 0.25) is 5.02 Å². The number of rotatable bonds is 5. The third kappa shape index (κ3) is 3.27. The highest BCUT2D eigenvalue weighted by Crippen LogP contribution is 2.31. The standard InChI is InChI=1S/C21H17ClO6/c1-3-27-20(26)21(2,19(24)25)12-8-9-17-14(10-12)16(23)11-18(28-17)13-6-4-5-7-15(13)22/h4-11H,3H2,1-2H3,(H,24,25). The van der Waals surface area contributed by atoms with E-state index in [0.29, 0.717) is 16.3 Å². The summed E-state index contributed by atoms with van der Waals surface area (Å²) in [5.74, 6) is -1.98. The second-order valence-corrected chi connectivity index (χ2v) is 6.72. The zero-order valence-corrected chi connectivity index (χ0v) is 15.9. The van der Waals surface area contributed by atoms with Crippen molar-refractivity contribution in [3.63, 3.8) is 0 Å². The highest BCUT2D eigenvalue weighted by Gasteiger charge is 2.45. The van der Waals surface area contributed by atoms with Crippen LogP contribution in [0, 0.1) is 0 Å². The lowest BCUT2D eigenvalue weighted by molar-refractivity contribution is -0.160. The number of carbonyl (C=O) groups excluding carboxylic acids is 1. The molecule has 0 aliphatic heterocycles. The van der Waals surface area contributed by atoms with Gasteiger partial charge in [-0.25, -0.2) is 0 Å². The summed E-state index contributed by atoms with van der Waals surface area (Å²) < 4.78 is 10.7. The van der Waals surface area contributed by atoms with Crippen LogP contribution in [-0.2, 0) is 19.7 Å². The van der Waals surface area contributed by atoms with E-state index in [4.69, 9.17) is 20.8 Å². The Morgan fingerprint density at radius 1 is 1.18 bits per heavy atom. The number of ether oxygens (including phenoxy) is 1. The van der Waals surface area contributed by atoms with E-state index in [2.05, 4.69) is 0 Å². The van der Waals surface area contributed by atoms with Crippen LogP contribution in [0.25, 0.3) is 22.3 Å².